The van der Waals surface area contributed by atoms with Crippen molar-refractivity contribution in [2.45, 2.75) is 45.4 Å². The quantitative estimate of drug-likeness (QED) is 0.855. The molecule has 18 heavy (non-hydrogen) atoms. The van der Waals surface area contributed by atoms with Crippen molar-refractivity contribution in [3.63, 3.8) is 0 Å². The molecule has 1 N–H and O–H groups in total. The highest BCUT2D eigenvalue weighted by Gasteiger charge is 2.32. The van der Waals surface area contributed by atoms with Crippen LogP contribution in [0.25, 0.3) is 11.5 Å². The molecule has 0 fully saturated rings. The summed E-state index contributed by atoms with van der Waals surface area (Å²) < 4.78 is 5.51. The highest BCUT2D eigenvalue weighted by Crippen LogP contribution is 2.44. The van der Waals surface area contributed by atoms with Gasteiger partial charge in [-0.05, 0) is 36.8 Å². The number of H-pyrrole nitrogens is 1. The summed E-state index contributed by atoms with van der Waals surface area (Å²) in [6, 6.07) is 3.91. The lowest BCUT2D eigenvalue weighted by atomic mass is 9.75. The predicted octanol–water partition coefficient (Wildman–Crippen LogP) is 4.31. The van der Waals surface area contributed by atoms with E-state index in [0.29, 0.717) is 17.8 Å². The lowest BCUT2D eigenvalue weighted by molar-refractivity contribution is 0.403. The van der Waals surface area contributed by atoms with Crippen molar-refractivity contribution >= 4 is 0 Å². The molecule has 2 atom stereocenters. The Bertz CT molecular complexity index is 525. The van der Waals surface area contributed by atoms with E-state index in [2.05, 4.69) is 31.0 Å². The van der Waals surface area contributed by atoms with E-state index in [1.807, 2.05) is 12.1 Å². The molecule has 3 rings (SSSR count). The highest BCUT2D eigenvalue weighted by molar-refractivity contribution is 5.60. The van der Waals surface area contributed by atoms with E-state index < -0.39 is 0 Å². The van der Waals surface area contributed by atoms with E-state index in [9.17, 15) is 0 Å². The zero-order valence-corrected chi connectivity index (χ0v) is 11.2. The van der Waals surface area contributed by atoms with Gasteiger partial charge in [-0.3, -0.25) is 5.10 Å². The van der Waals surface area contributed by atoms with Gasteiger partial charge >= 0.3 is 0 Å². The first-order valence-corrected chi connectivity index (χ1v) is 6.80. The zero-order valence-electron chi connectivity index (χ0n) is 11.2. The minimum Gasteiger partial charge on any atom is -0.463 e. The maximum atomic E-state index is 5.51. The number of rotatable bonds is 2. The average Bonchev–Trinajstić information content (AvgIpc) is 2.97. The van der Waals surface area contributed by atoms with Gasteiger partial charge in [-0.2, -0.15) is 5.10 Å². The van der Waals surface area contributed by atoms with E-state index in [1.165, 1.54) is 24.1 Å². The second-order valence-corrected chi connectivity index (χ2v) is 5.71. The standard InChI is InChI=1S/C15H20N2O/c1-9(2)11-7-6-10(3)13-14(11)16-17-15(13)12-5-4-8-18-12/h4-5,8-11H,6-7H2,1-3H3,(H,16,17). The van der Waals surface area contributed by atoms with Crippen molar-refractivity contribution in [1.82, 2.24) is 10.2 Å². The van der Waals surface area contributed by atoms with Gasteiger partial charge < -0.3 is 4.42 Å². The smallest absolute Gasteiger partial charge is 0.154 e. The van der Waals surface area contributed by atoms with Crippen LogP contribution in [0.1, 0.15) is 56.7 Å². The third-order valence-corrected chi connectivity index (χ3v) is 4.17. The maximum absolute atomic E-state index is 5.51. The number of fused-ring (bicyclic) bond motifs is 1. The summed E-state index contributed by atoms with van der Waals surface area (Å²) in [6.45, 7) is 6.87. The van der Waals surface area contributed by atoms with Crippen LogP contribution in [-0.4, -0.2) is 10.2 Å². The Balaban J connectivity index is 2.10. The van der Waals surface area contributed by atoms with Crippen molar-refractivity contribution in [3.05, 3.63) is 29.7 Å². The Morgan fingerprint density at radius 3 is 2.89 bits per heavy atom. The summed E-state index contributed by atoms with van der Waals surface area (Å²) in [5.74, 6) is 2.70. The van der Waals surface area contributed by atoms with Gasteiger partial charge in [-0.25, -0.2) is 0 Å². The van der Waals surface area contributed by atoms with E-state index in [4.69, 9.17) is 4.42 Å². The largest absolute Gasteiger partial charge is 0.463 e. The molecule has 2 aromatic rings. The van der Waals surface area contributed by atoms with Gasteiger partial charge in [0.15, 0.2) is 5.76 Å². The van der Waals surface area contributed by atoms with Gasteiger partial charge in [0.2, 0.25) is 0 Å². The molecule has 0 radical (unpaired) electrons. The minimum atomic E-state index is 0.564. The molecule has 96 valence electrons. The van der Waals surface area contributed by atoms with Crippen LogP contribution in [0.15, 0.2) is 22.8 Å². The summed E-state index contributed by atoms with van der Waals surface area (Å²) in [7, 11) is 0. The summed E-state index contributed by atoms with van der Waals surface area (Å²) >= 11 is 0. The van der Waals surface area contributed by atoms with Crippen molar-refractivity contribution in [2.75, 3.05) is 0 Å². The van der Waals surface area contributed by atoms with Crippen LogP contribution < -0.4 is 0 Å². The van der Waals surface area contributed by atoms with Gasteiger partial charge in [0.05, 0.1) is 6.26 Å². The number of aromatic amines is 1. The topological polar surface area (TPSA) is 41.8 Å². The number of hydrogen-bond donors (Lipinski definition) is 1. The minimum absolute atomic E-state index is 0.564. The molecular weight excluding hydrogens is 224 g/mol. The number of furan rings is 1. The number of aromatic nitrogens is 2. The average molecular weight is 244 g/mol. The van der Waals surface area contributed by atoms with E-state index in [1.54, 1.807) is 6.26 Å². The molecule has 0 aliphatic heterocycles. The molecule has 3 nitrogen and oxygen atoms in total. The summed E-state index contributed by atoms with van der Waals surface area (Å²) in [4.78, 5) is 0. The van der Waals surface area contributed by atoms with Gasteiger partial charge in [-0.1, -0.05) is 20.8 Å². The first-order chi connectivity index (χ1) is 8.68. The fraction of sp³-hybridized carbons (Fsp3) is 0.533. The Labute approximate surface area is 108 Å². The Hall–Kier alpha value is -1.51. The Morgan fingerprint density at radius 2 is 2.22 bits per heavy atom. The fourth-order valence-corrected chi connectivity index (χ4v) is 3.13. The van der Waals surface area contributed by atoms with Crippen LogP contribution in [0.2, 0.25) is 0 Å². The third-order valence-electron chi connectivity index (χ3n) is 4.17. The number of nitrogens with one attached hydrogen (secondary N) is 1. The number of hydrogen-bond acceptors (Lipinski definition) is 2. The second kappa shape index (κ2) is 4.30. The molecule has 2 heterocycles. The summed E-state index contributed by atoms with van der Waals surface area (Å²) in [6.07, 6.45) is 4.21. The lowest BCUT2D eigenvalue weighted by Gasteiger charge is -2.29. The van der Waals surface area contributed by atoms with E-state index >= 15 is 0 Å². The zero-order chi connectivity index (χ0) is 12.7. The van der Waals surface area contributed by atoms with E-state index in [0.717, 1.165) is 11.5 Å². The fourth-order valence-electron chi connectivity index (χ4n) is 3.13. The summed E-state index contributed by atoms with van der Waals surface area (Å²) in [5, 5.41) is 7.77. The molecule has 0 bridgehead atoms. The first-order valence-electron chi connectivity index (χ1n) is 6.80. The SMILES string of the molecule is CC1CCC(C(C)C)c2[nH]nc(-c3ccco3)c21. The molecule has 0 aromatic carbocycles. The van der Waals surface area contributed by atoms with Crippen LogP contribution in [0.4, 0.5) is 0 Å². The first kappa shape index (κ1) is 11.6. The second-order valence-electron chi connectivity index (χ2n) is 5.71. The maximum Gasteiger partial charge on any atom is 0.154 e. The molecule has 0 saturated heterocycles. The van der Waals surface area contributed by atoms with E-state index in [-0.39, 0.29) is 0 Å². The Kier molecular flexibility index (Phi) is 2.77. The molecule has 0 amide bonds. The molecule has 0 spiro atoms. The van der Waals surface area contributed by atoms with Gasteiger partial charge in [0.1, 0.15) is 5.69 Å². The summed E-state index contributed by atoms with van der Waals surface area (Å²) in [5.41, 5.74) is 3.71. The molecule has 0 saturated carbocycles. The van der Waals surface area contributed by atoms with Gasteiger partial charge in [0.25, 0.3) is 0 Å². The molecule has 2 aromatic heterocycles. The lowest BCUT2D eigenvalue weighted by Crippen LogP contribution is -2.16. The molecule has 2 unspecified atom stereocenters. The van der Waals surface area contributed by atoms with Crippen LogP contribution in [0, 0.1) is 5.92 Å². The molecule has 3 heteroatoms. The van der Waals surface area contributed by atoms with Crippen molar-refractivity contribution in [1.29, 1.82) is 0 Å². The third kappa shape index (κ3) is 1.69. The molecule has 1 aliphatic carbocycles. The Morgan fingerprint density at radius 1 is 1.39 bits per heavy atom. The highest BCUT2D eigenvalue weighted by atomic mass is 16.3. The van der Waals surface area contributed by atoms with Gasteiger partial charge in [0, 0.05) is 17.2 Å². The molecular formula is C15H20N2O. The van der Waals surface area contributed by atoms with Crippen LogP contribution >= 0.6 is 0 Å². The monoisotopic (exact) mass is 244 g/mol. The van der Waals surface area contributed by atoms with Crippen LogP contribution in [0.3, 0.4) is 0 Å². The number of nitrogens with zero attached hydrogens (tertiary/aromatic N) is 1. The van der Waals surface area contributed by atoms with Crippen molar-refractivity contribution in [2.24, 2.45) is 5.92 Å². The normalized spacial score (nSPS) is 23.3. The molecule has 1 aliphatic rings. The van der Waals surface area contributed by atoms with Crippen molar-refractivity contribution < 1.29 is 4.42 Å². The van der Waals surface area contributed by atoms with Crippen LogP contribution in [0.5, 0.6) is 0 Å². The van der Waals surface area contributed by atoms with Gasteiger partial charge in [-0.15, -0.1) is 0 Å². The predicted molar refractivity (Wildman–Crippen MR) is 71.5 cm³/mol. The van der Waals surface area contributed by atoms with Crippen molar-refractivity contribution in [3.8, 4) is 11.5 Å². The van der Waals surface area contributed by atoms with Crippen LogP contribution in [-0.2, 0) is 0 Å².